The molecule has 1 aromatic heterocycles. The van der Waals surface area contributed by atoms with Gasteiger partial charge in [0.25, 0.3) is 0 Å². The molecule has 1 atom stereocenters. The lowest BCUT2D eigenvalue weighted by molar-refractivity contribution is 0.456. The van der Waals surface area contributed by atoms with Crippen molar-refractivity contribution in [2.75, 3.05) is 5.73 Å². The third-order valence-corrected chi connectivity index (χ3v) is 4.06. The van der Waals surface area contributed by atoms with Gasteiger partial charge < -0.3 is 10.3 Å². The van der Waals surface area contributed by atoms with Crippen molar-refractivity contribution >= 4 is 21.6 Å². The van der Waals surface area contributed by atoms with Crippen molar-refractivity contribution in [3.8, 4) is 0 Å². The number of fused-ring (bicyclic) bond motifs is 1. The Hall–Kier alpha value is -1.29. The van der Waals surface area contributed by atoms with Crippen molar-refractivity contribution in [3.05, 3.63) is 46.5 Å². The lowest BCUT2D eigenvalue weighted by atomic mass is 9.96. The van der Waals surface area contributed by atoms with Crippen LogP contribution in [0.25, 0.3) is 0 Å². The summed E-state index contributed by atoms with van der Waals surface area (Å²) < 4.78 is 3.36. The maximum Gasteiger partial charge on any atom is 0.0953 e. The second kappa shape index (κ2) is 4.18. The van der Waals surface area contributed by atoms with E-state index in [1.54, 1.807) is 0 Å². The first-order valence-electron chi connectivity index (χ1n) is 5.81. The molecule has 1 unspecified atom stereocenters. The lowest BCUT2D eigenvalue weighted by Gasteiger charge is -2.26. The van der Waals surface area contributed by atoms with Crippen LogP contribution >= 0.6 is 15.9 Å². The first-order chi connectivity index (χ1) is 8.25. The Kier molecular flexibility index (Phi) is 2.67. The highest BCUT2D eigenvalue weighted by Crippen LogP contribution is 2.35. The third-order valence-electron chi connectivity index (χ3n) is 3.38. The number of nitrogens with zero attached hydrogens (tertiary/aromatic N) is 2. The molecule has 1 aliphatic rings. The number of aromatic nitrogens is 2. The van der Waals surface area contributed by atoms with E-state index in [-0.39, 0.29) is 0 Å². The predicted octanol–water partition coefficient (Wildman–Crippen LogP) is 3.15. The summed E-state index contributed by atoms with van der Waals surface area (Å²) in [4.78, 5) is 4.25. The first kappa shape index (κ1) is 10.8. The topological polar surface area (TPSA) is 43.8 Å². The van der Waals surface area contributed by atoms with Crippen LogP contribution in [0, 0.1) is 0 Å². The zero-order valence-corrected chi connectivity index (χ0v) is 11.0. The second-order valence-corrected chi connectivity index (χ2v) is 5.34. The van der Waals surface area contributed by atoms with Crippen LogP contribution in [-0.2, 0) is 6.42 Å². The molecule has 0 fully saturated rings. The van der Waals surface area contributed by atoms with Crippen LogP contribution in [0.4, 0.5) is 5.69 Å². The van der Waals surface area contributed by atoms with Gasteiger partial charge in [0.1, 0.15) is 0 Å². The van der Waals surface area contributed by atoms with Gasteiger partial charge in [-0.25, -0.2) is 4.98 Å². The van der Waals surface area contributed by atoms with Crippen molar-refractivity contribution in [2.24, 2.45) is 0 Å². The lowest BCUT2D eigenvalue weighted by Crippen LogP contribution is -2.18. The minimum atomic E-state index is 0.385. The number of rotatable bonds is 1. The molecule has 4 heteroatoms. The number of hydrogen-bond donors (Lipinski definition) is 1. The minimum absolute atomic E-state index is 0.385. The van der Waals surface area contributed by atoms with Gasteiger partial charge in [-0.15, -0.1) is 0 Å². The summed E-state index contributed by atoms with van der Waals surface area (Å²) in [5, 5.41) is 0. The maximum atomic E-state index is 5.78. The molecule has 2 heterocycles. The van der Waals surface area contributed by atoms with Crippen molar-refractivity contribution < 1.29 is 0 Å². The molecule has 2 N–H and O–H groups in total. The molecule has 0 spiro atoms. The number of benzene rings is 1. The summed E-state index contributed by atoms with van der Waals surface area (Å²) in [6.45, 7) is 0. The van der Waals surface area contributed by atoms with E-state index in [0.717, 1.165) is 23.0 Å². The Morgan fingerprint density at radius 2 is 2.29 bits per heavy atom. The highest BCUT2D eigenvalue weighted by molar-refractivity contribution is 9.10. The smallest absolute Gasteiger partial charge is 0.0953 e. The summed E-state index contributed by atoms with van der Waals surface area (Å²) in [7, 11) is 0. The van der Waals surface area contributed by atoms with Crippen molar-refractivity contribution in [2.45, 2.75) is 25.3 Å². The Bertz CT molecular complexity index is 547. The SMILES string of the molecule is Nc1ccc(C2CCCc3cncn32)c(Br)c1. The number of hydrogen-bond acceptors (Lipinski definition) is 2. The van der Waals surface area contributed by atoms with E-state index >= 15 is 0 Å². The molecule has 0 saturated carbocycles. The predicted molar refractivity (Wildman–Crippen MR) is 71.9 cm³/mol. The average Bonchev–Trinajstić information content (AvgIpc) is 2.77. The van der Waals surface area contributed by atoms with Gasteiger partial charge in [0.15, 0.2) is 0 Å². The van der Waals surface area contributed by atoms with Crippen LogP contribution in [0.5, 0.6) is 0 Å². The molecule has 1 aromatic carbocycles. The van der Waals surface area contributed by atoms with E-state index in [0.29, 0.717) is 6.04 Å². The number of nitrogen functional groups attached to an aromatic ring is 1. The quantitative estimate of drug-likeness (QED) is 0.820. The van der Waals surface area contributed by atoms with E-state index in [2.05, 4.69) is 31.5 Å². The van der Waals surface area contributed by atoms with Crippen LogP contribution in [-0.4, -0.2) is 9.55 Å². The van der Waals surface area contributed by atoms with Crippen LogP contribution in [0.1, 0.15) is 30.1 Å². The zero-order chi connectivity index (χ0) is 11.8. The van der Waals surface area contributed by atoms with E-state index in [1.807, 2.05) is 24.7 Å². The third kappa shape index (κ3) is 1.86. The van der Waals surface area contributed by atoms with Crippen LogP contribution in [0.2, 0.25) is 0 Å². The standard InChI is InChI=1S/C13H14BrN3/c14-12-6-9(15)4-5-11(12)13-3-1-2-10-7-16-8-17(10)13/h4-8,13H,1-3,15H2. The highest BCUT2D eigenvalue weighted by atomic mass is 79.9. The van der Waals surface area contributed by atoms with Gasteiger partial charge in [0.05, 0.1) is 12.4 Å². The van der Waals surface area contributed by atoms with Gasteiger partial charge in [-0.1, -0.05) is 22.0 Å². The molecule has 3 rings (SSSR count). The fourth-order valence-electron chi connectivity index (χ4n) is 2.54. The zero-order valence-electron chi connectivity index (χ0n) is 9.44. The molecule has 2 aromatic rings. The van der Waals surface area contributed by atoms with Crippen LogP contribution < -0.4 is 5.73 Å². The number of aryl methyl sites for hydroxylation is 1. The molecule has 0 amide bonds. The van der Waals surface area contributed by atoms with Crippen molar-refractivity contribution in [3.63, 3.8) is 0 Å². The number of imidazole rings is 1. The molecule has 0 aliphatic carbocycles. The Labute approximate surface area is 109 Å². The van der Waals surface area contributed by atoms with Crippen molar-refractivity contribution in [1.29, 1.82) is 0 Å². The van der Waals surface area contributed by atoms with Gasteiger partial charge in [-0.05, 0) is 37.0 Å². The van der Waals surface area contributed by atoms with Gasteiger partial charge in [0.2, 0.25) is 0 Å². The van der Waals surface area contributed by atoms with E-state index in [9.17, 15) is 0 Å². The average molecular weight is 292 g/mol. The molecule has 0 saturated heterocycles. The largest absolute Gasteiger partial charge is 0.399 e. The highest BCUT2D eigenvalue weighted by Gasteiger charge is 2.22. The molecule has 17 heavy (non-hydrogen) atoms. The summed E-state index contributed by atoms with van der Waals surface area (Å²) in [6, 6.07) is 6.43. The molecule has 1 aliphatic heterocycles. The maximum absolute atomic E-state index is 5.78. The summed E-state index contributed by atoms with van der Waals surface area (Å²) in [6.07, 6.45) is 7.40. The van der Waals surface area contributed by atoms with Crippen molar-refractivity contribution in [1.82, 2.24) is 9.55 Å². The monoisotopic (exact) mass is 291 g/mol. The van der Waals surface area contributed by atoms with Crippen LogP contribution in [0.15, 0.2) is 35.2 Å². The second-order valence-electron chi connectivity index (χ2n) is 4.48. The summed E-state index contributed by atoms with van der Waals surface area (Å²) >= 11 is 3.61. The van der Waals surface area contributed by atoms with Gasteiger partial charge >= 0.3 is 0 Å². The van der Waals surface area contributed by atoms with Gasteiger partial charge in [-0.3, -0.25) is 0 Å². The molecule has 0 bridgehead atoms. The number of anilines is 1. The first-order valence-corrected chi connectivity index (χ1v) is 6.60. The van der Waals surface area contributed by atoms with Gasteiger partial charge in [0, 0.05) is 22.1 Å². The fourth-order valence-corrected chi connectivity index (χ4v) is 3.20. The molecule has 88 valence electrons. The molecular formula is C13H14BrN3. The van der Waals surface area contributed by atoms with E-state index in [1.165, 1.54) is 17.7 Å². The molecule has 0 radical (unpaired) electrons. The normalized spacial score (nSPS) is 19.0. The Morgan fingerprint density at radius 1 is 1.41 bits per heavy atom. The minimum Gasteiger partial charge on any atom is -0.399 e. The summed E-state index contributed by atoms with van der Waals surface area (Å²) in [5.41, 5.74) is 9.19. The fraction of sp³-hybridized carbons (Fsp3) is 0.308. The Morgan fingerprint density at radius 3 is 3.12 bits per heavy atom. The van der Waals surface area contributed by atoms with Crippen LogP contribution in [0.3, 0.4) is 0 Å². The Balaban J connectivity index is 2.06. The number of nitrogens with two attached hydrogens (primary N) is 1. The molecular weight excluding hydrogens is 278 g/mol. The van der Waals surface area contributed by atoms with Gasteiger partial charge in [-0.2, -0.15) is 0 Å². The number of halogens is 1. The summed E-state index contributed by atoms with van der Waals surface area (Å²) in [5.74, 6) is 0. The molecule has 3 nitrogen and oxygen atoms in total. The van der Waals surface area contributed by atoms with E-state index in [4.69, 9.17) is 5.73 Å². The van der Waals surface area contributed by atoms with E-state index < -0.39 is 0 Å².